The first-order valence-corrected chi connectivity index (χ1v) is 14.4. The van der Waals surface area contributed by atoms with Crippen molar-refractivity contribution in [1.29, 1.82) is 0 Å². The van der Waals surface area contributed by atoms with Crippen LogP contribution < -0.4 is 0 Å². The van der Waals surface area contributed by atoms with Crippen molar-refractivity contribution in [2.45, 2.75) is 90.1 Å². The molecule has 3 heteroatoms. The molecule has 0 atom stereocenters. The van der Waals surface area contributed by atoms with E-state index < -0.39 is 5.60 Å². The highest BCUT2D eigenvalue weighted by Gasteiger charge is 2.31. The number of esters is 1. The minimum atomic E-state index is -0.832. The van der Waals surface area contributed by atoms with Crippen LogP contribution in [0.25, 0.3) is 11.1 Å². The Kier molecular flexibility index (Phi) is 8.98. The molecule has 0 spiro atoms. The van der Waals surface area contributed by atoms with Crippen LogP contribution in [-0.4, -0.2) is 23.8 Å². The summed E-state index contributed by atoms with van der Waals surface area (Å²) in [6, 6.07) is 21.7. The maximum absolute atomic E-state index is 11.6. The molecule has 0 aromatic heterocycles. The third-order valence-corrected chi connectivity index (χ3v) is 8.72. The molecule has 3 aromatic carbocycles. The predicted molar refractivity (Wildman–Crippen MR) is 160 cm³/mol. The van der Waals surface area contributed by atoms with Crippen LogP contribution in [0.3, 0.4) is 0 Å². The Labute approximate surface area is 234 Å². The van der Waals surface area contributed by atoms with E-state index in [9.17, 15) is 9.90 Å². The molecule has 3 nitrogen and oxygen atoms in total. The van der Waals surface area contributed by atoms with Crippen molar-refractivity contribution in [3.63, 3.8) is 0 Å². The molecule has 1 aliphatic carbocycles. The zero-order chi connectivity index (χ0) is 28.0. The number of benzene rings is 3. The third kappa shape index (κ3) is 6.29. The molecule has 1 saturated carbocycles. The summed E-state index contributed by atoms with van der Waals surface area (Å²) in [6.07, 6.45) is 7.13. The van der Waals surface area contributed by atoms with Gasteiger partial charge in [0.2, 0.25) is 0 Å². The molecule has 0 saturated heterocycles. The number of aryl methyl sites for hydroxylation is 2. The zero-order valence-electron chi connectivity index (χ0n) is 24.2. The van der Waals surface area contributed by atoms with E-state index in [4.69, 9.17) is 4.74 Å². The summed E-state index contributed by atoms with van der Waals surface area (Å²) < 4.78 is 4.79. The number of rotatable bonds is 7. The van der Waals surface area contributed by atoms with Gasteiger partial charge in [-0.2, -0.15) is 0 Å². The third-order valence-electron chi connectivity index (χ3n) is 8.72. The number of hydrogen-bond acceptors (Lipinski definition) is 3. The quantitative estimate of drug-likeness (QED) is 0.254. The molecule has 0 heterocycles. The smallest absolute Gasteiger partial charge is 0.309 e. The fourth-order valence-electron chi connectivity index (χ4n) is 6.11. The molecule has 1 fully saturated rings. The fraction of sp³-hybridized carbons (Fsp3) is 0.417. The van der Waals surface area contributed by atoms with Crippen molar-refractivity contribution in [3.8, 4) is 23.0 Å². The van der Waals surface area contributed by atoms with Gasteiger partial charge in [-0.15, -0.1) is 0 Å². The highest BCUT2D eigenvalue weighted by Crippen LogP contribution is 2.41. The second-order valence-electron chi connectivity index (χ2n) is 11.1. The van der Waals surface area contributed by atoms with Crippen molar-refractivity contribution in [3.05, 3.63) is 94.0 Å². The van der Waals surface area contributed by atoms with Crippen LogP contribution in [0.2, 0.25) is 0 Å². The predicted octanol–water partition coefficient (Wildman–Crippen LogP) is 7.84. The first-order valence-electron chi connectivity index (χ1n) is 14.4. The second kappa shape index (κ2) is 12.2. The average Bonchev–Trinajstić information content (AvgIpc) is 2.94. The Hall–Kier alpha value is -3.35. The first kappa shape index (κ1) is 28.7. The van der Waals surface area contributed by atoms with Crippen molar-refractivity contribution < 1.29 is 14.6 Å². The van der Waals surface area contributed by atoms with Crippen molar-refractivity contribution in [2.24, 2.45) is 0 Å². The normalized spacial score (nSPS) is 14.8. The van der Waals surface area contributed by atoms with Crippen LogP contribution in [0.5, 0.6) is 0 Å². The molecule has 0 radical (unpaired) electrons. The Morgan fingerprint density at radius 1 is 0.897 bits per heavy atom. The summed E-state index contributed by atoms with van der Waals surface area (Å²) in [5.74, 6) is 6.28. The molecule has 4 rings (SSSR count). The lowest BCUT2D eigenvalue weighted by molar-refractivity contribution is -0.139. The van der Waals surface area contributed by atoms with Gasteiger partial charge in [0.25, 0.3) is 0 Å². The molecule has 0 amide bonds. The lowest BCUT2D eigenvalue weighted by Crippen LogP contribution is -2.29. The molecular formula is C36H42O3. The Morgan fingerprint density at radius 3 is 2.08 bits per heavy atom. The van der Waals surface area contributed by atoms with Gasteiger partial charge in [0.15, 0.2) is 0 Å². The Bertz CT molecular complexity index is 1360. The van der Waals surface area contributed by atoms with Gasteiger partial charge in [-0.25, -0.2) is 0 Å². The van der Waals surface area contributed by atoms with Crippen LogP contribution in [0, 0.1) is 25.7 Å². The van der Waals surface area contributed by atoms with Crippen LogP contribution in [0.4, 0.5) is 0 Å². The van der Waals surface area contributed by atoms with Crippen LogP contribution in [0.1, 0.15) is 92.2 Å². The molecule has 0 unspecified atom stereocenters. The molecule has 39 heavy (non-hydrogen) atoms. The summed E-state index contributed by atoms with van der Waals surface area (Å²) in [6.45, 7) is 8.85. The van der Waals surface area contributed by atoms with Gasteiger partial charge in [-0.3, -0.25) is 4.79 Å². The maximum atomic E-state index is 11.6. The number of aliphatic hydroxyl groups is 1. The molecule has 0 bridgehead atoms. The summed E-state index contributed by atoms with van der Waals surface area (Å²) in [7, 11) is 1.42. The molecule has 3 aromatic rings. The van der Waals surface area contributed by atoms with Gasteiger partial charge in [0, 0.05) is 11.0 Å². The molecule has 0 aliphatic heterocycles. The van der Waals surface area contributed by atoms with Gasteiger partial charge >= 0.3 is 5.97 Å². The topological polar surface area (TPSA) is 46.5 Å². The van der Waals surface area contributed by atoms with Crippen molar-refractivity contribution in [1.82, 2.24) is 0 Å². The standard InChI is InChI=1S/C36H42O3/c1-6-36(7-2,31-16-15-29(26(3)23-31)19-22-35(38)20-9-8-10-21-35)32-17-18-33(27(4)24-32)30-13-11-28(12-14-30)25-34(37)39-5/h11-18,23-24,38H,6-10,20-21,25H2,1-5H3. The van der Waals surface area contributed by atoms with Crippen molar-refractivity contribution >= 4 is 5.97 Å². The zero-order valence-corrected chi connectivity index (χ0v) is 24.2. The monoisotopic (exact) mass is 522 g/mol. The Balaban J connectivity index is 1.62. The summed E-state index contributed by atoms with van der Waals surface area (Å²) in [4.78, 5) is 11.6. The molecule has 1 N–H and O–H groups in total. The van der Waals surface area contributed by atoms with Crippen LogP contribution >= 0.6 is 0 Å². The number of carbonyl (C=O) groups is 1. The van der Waals surface area contributed by atoms with Gasteiger partial charge in [0.1, 0.15) is 5.60 Å². The Morgan fingerprint density at radius 2 is 1.51 bits per heavy atom. The minimum absolute atomic E-state index is 0.0913. The second-order valence-corrected chi connectivity index (χ2v) is 11.1. The largest absolute Gasteiger partial charge is 0.469 e. The molecular weight excluding hydrogens is 480 g/mol. The van der Waals surface area contributed by atoms with Gasteiger partial charge < -0.3 is 9.84 Å². The highest BCUT2D eigenvalue weighted by molar-refractivity contribution is 5.73. The summed E-state index contributed by atoms with van der Waals surface area (Å²) in [5, 5.41) is 10.8. The van der Waals surface area contributed by atoms with Gasteiger partial charge in [-0.05, 0) is 97.4 Å². The molecule has 1 aliphatic rings. The van der Waals surface area contributed by atoms with E-state index in [1.807, 2.05) is 12.1 Å². The van der Waals surface area contributed by atoms with E-state index in [2.05, 4.69) is 88.1 Å². The number of ether oxygens (including phenoxy) is 1. The fourth-order valence-corrected chi connectivity index (χ4v) is 6.11. The van der Waals surface area contributed by atoms with Crippen LogP contribution in [0.15, 0.2) is 60.7 Å². The lowest BCUT2D eigenvalue weighted by atomic mass is 9.69. The SMILES string of the molecule is CCC(CC)(c1ccc(C#CC2(O)CCCCC2)c(C)c1)c1ccc(-c2ccc(CC(=O)OC)cc2)c(C)c1. The highest BCUT2D eigenvalue weighted by atomic mass is 16.5. The summed E-state index contributed by atoms with van der Waals surface area (Å²) in [5.41, 5.74) is 8.40. The van der Waals surface area contributed by atoms with Crippen molar-refractivity contribution in [2.75, 3.05) is 7.11 Å². The van der Waals surface area contributed by atoms with E-state index in [-0.39, 0.29) is 17.8 Å². The number of carbonyl (C=O) groups excluding carboxylic acids is 1. The average molecular weight is 523 g/mol. The van der Waals surface area contributed by atoms with E-state index in [1.165, 1.54) is 35.8 Å². The van der Waals surface area contributed by atoms with Crippen LogP contribution in [-0.2, 0) is 21.4 Å². The number of hydrogen-bond donors (Lipinski definition) is 1. The van der Waals surface area contributed by atoms with E-state index >= 15 is 0 Å². The van der Waals surface area contributed by atoms with E-state index in [1.54, 1.807) is 0 Å². The minimum Gasteiger partial charge on any atom is -0.469 e. The maximum Gasteiger partial charge on any atom is 0.309 e. The first-order chi connectivity index (χ1) is 18.7. The summed E-state index contributed by atoms with van der Waals surface area (Å²) >= 11 is 0. The van der Waals surface area contributed by atoms with E-state index in [0.717, 1.165) is 60.8 Å². The number of methoxy groups -OCH3 is 1. The van der Waals surface area contributed by atoms with E-state index in [0.29, 0.717) is 0 Å². The molecule has 204 valence electrons. The van der Waals surface area contributed by atoms with Gasteiger partial charge in [0.05, 0.1) is 13.5 Å². The lowest BCUT2D eigenvalue weighted by Gasteiger charge is -2.34. The van der Waals surface area contributed by atoms with Gasteiger partial charge in [-0.1, -0.05) is 86.7 Å².